The van der Waals surface area contributed by atoms with Crippen LogP contribution in [0, 0.1) is 0 Å². The molecule has 5 heteroatoms. The van der Waals surface area contributed by atoms with Gasteiger partial charge in [0.2, 0.25) is 5.91 Å². The van der Waals surface area contributed by atoms with Crippen LogP contribution >= 0.6 is 0 Å². The Labute approximate surface area is 117 Å². The van der Waals surface area contributed by atoms with Gasteiger partial charge in [-0.3, -0.25) is 4.79 Å². The van der Waals surface area contributed by atoms with Gasteiger partial charge < -0.3 is 15.7 Å². The quantitative estimate of drug-likeness (QED) is 0.699. The van der Waals surface area contributed by atoms with Crippen molar-refractivity contribution in [3.05, 3.63) is 46.5 Å². The second-order valence-corrected chi connectivity index (χ2v) is 4.84. The monoisotopic (exact) mass is 274 g/mol. The maximum atomic E-state index is 11.9. The molecule has 1 aliphatic heterocycles. The van der Waals surface area contributed by atoms with Crippen molar-refractivity contribution in [1.29, 1.82) is 0 Å². The van der Waals surface area contributed by atoms with E-state index in [4.69, 9.17) is 5.11 Å². The van der Waals surface area contributed by atoms with Gasteiger partial charge >= 0.3 is 5.97 Å². The average molecular weight is 274 g/mol. The van der Waals surface area contributed by atoms with Crippen molar-refractivity contribution in [3.8, 4) is 0 Å². The SMILES string of the molecule is CC(C(=O)NCCc1cccc(C(=O)O)c1)=C1CNC1. The number of carbonyl (C=O) groups excluding carboxylic acids is 1. The molecule has 1 heterocycles. The minimum absolute atomic E-state index is 0.0455. The van der Waals surface area contributed by atoms with Crippen LogP contribution in [0.4, 0.5) is 0 Å². The number of nitrogens with one attached hydrogen (secondary N) is 2. The maximum Gasteiger partial charge on any atom is 0.335 e. The summed E-state index contributed by atoms with van der Waals surface area (Å²) in [5, 5.41) is 14.9. The zero-order valence-electron chi connectivity index (χ0n) is 11.4. The van der Waals surface area contributed by atoms with Crippen LogP contribution in [0.2, 0.25) is 0 Å². The van der Waals surface area contributed by atoms with E-state index in [0.29, 0.717) is 13.0 Å². The number of amides is 1. The molecule has 0 atom stereocenters. The Morgan fingerprint density at radius 3 is 2.70 bits per heavy atom. The molecule has 106 valence electrons. The van der Waals surface area contributed by atoms with Crippen molar-refractivity contribution in [2.24, 2.45) is 0 Å². The Hall–Kier alpha value is -2.14. The van der Waals surface area contributed by atoms with Crippen LogP contribution in [0.1, 0.15) is 22.8 Å². The smallest absolute Gasteiger partial charge is 0.335 e. The summed E-state index contributed by atoms with van der Waals surface area (Å²) in [5.41, 5.74) is 3.10. The summed E-state index contributed by atoms with van der Waals surface area (Å²) in [4.78, 5) is 22.7. The second kappa shape index (κ2) is 6.34. The highest BCUT2D eigenvalue weighted by Gasteiger charge is 2.15. The summed E-state index contributed by atoms with van der Waals surface area (Å²) >= 11 is 0. The molecular weight excluding hydrogens is 256 g/mol. The second-order valence-electron chi connectivity index (χ2n) is 4.84. The highest BCUT2D eigenvalue weighted by atomic mass is 16.4. The van der Waals surface area contributed by atoms with E-state index in [1.54, 1.807) is 18.2 Å². The van der Waals surface area contributed by atoms with Crippen molar-refractivity contribution in [2.45, 2.75) is 13.3 Å². The Morgan fingerprint density at radius 2 is 2.10 bits per heavy atom. The lowest BCUT2D eigenvalue weighted by Crippen LogP contribution is -2.38. The first-order valence-electron chi connectivity index (χ1n) is 6.57. The first kappa shape index (κ1) is 14.3. The molecule has 1 aromatic carbocycles. The molecule has 0 unspecified atom stereocenters. The van der Waals surface area contributed by atoms with Gasteiger partial charge in [-0.25, -0.2) is 4.79 Å². The van der Waals surface area contributed by atoms with E-state index in [-0.39, 0.29) is 11.5 Å². The van der Waals surface area contributed by atoms with Crippen LogP contribution < -0.4 is 10.6 Å². The molecule has 1 saturated heterocycles. The molecule has 20 heavy (non-hydrogen) atoms. The van der Waals surface area contributed by atoms with E-state index >= 15 is 0 Å². The number of benzene rings is 1. The number of carboxylic acid groups (broad SMARTS) is 1. The van der Waals surface area contributed by atoms with Gasteiger partial charge in [0.15, 0.2) is 0 Å². The van der Waals surface area contributed by atoms with Crippen LogP contribution in [0.25, 0.3) is 0 Å². The molecule has 2 rings (SSSR count). The molecule has 1 aliphatic rings. The lowest BCUT2D eigenvalue weighted by Gasteiger charge is -2.21. The number of carboxylic acids is 1. The van der Waals surface area contributed by atoms with Crippen molar-refractivity contribution in [2.75, 3.05) is 19.6 Å². The van der Waals surface area contributed by atoms with Crippen molar-refractivity contribution in [3.63, 3.8) is 0 Å². The highest BCUT2D eigenvalue weighted by molar-refractivity contribution is 5.94. The van der Waals surface area contributed by atoms with Gasteiger partial charge in [-0.15, -0.1) is 0 Å². The average Bonchev–Trinajstić information content (AvgIpc) is 2.36. The van der Waals surface area contributed by atoms with Crippen LogP contribution in [-0.4, -0.2) is 36.6 Å². The predicted molar refractivity (Wildman–Crippen MR) is 75.7 cm³/mol. The third-order valence-corrected chi connectivity index (χ3v) is 3.42. The van der Waals surface area contributed by atoms with Gasteiger partial charge in [0.05, 0.1) is 5.56 Å². The fourth-order valence-electron chi connectivity index (χ4n) is 1.99. The lowest BCUT2D eigenvalue weighted by atomic mass is 10.0. The van der Waals surface area contributed by atoms with E-state index in [0.717, 1.165) is 29.8 Å². The molecule has 0 aromatic heterocycles. The molecule has 0 spiro atoms. The third kappa shape index (κ3) is 3.45. The molecule has 5 nitrogen and oxygen atoms in total. The number of aromatic carboxylic acids is 1. The minimum Gasteiger partial charge on any atom is -0.478 e. The summed E-state index contributed by atoms with van der Waals surface area (Å²) in [6.07, 6.45) is 0.619. The zero-order chi connectivity index (χ0) is 14.5. The third-order valence-electron chi connectivity index (χ3n) is 3.42. The molecule has 1 amide bonds. The van der Waals surface area contributed by atoms with Crippen LogP contribution in [0.5, 0.6) is 0 Å². The molecule has 1 fully saturated rings. The van der Waals surface area contributed by atoms with Gasteiger partial charge in [-0.1, -0.05) is 12.1 Å². The molecule has 0 saturated carbocycles. The minimum atomic E-state index is -0.936. The van der Waals surface area contributed by atoms with Crippen LogP contribution in [0.15, 0.2) is 35.4 Å². The van der Waals surface area contributed by atoms with E-state index in [1.165, 1.54) is 0 Å². The van der Waals surface area contributed by atoms with Gasteiger partial charge in [0.1, 0.15) is 0 Å². The lowest BCUT2D eigenvalue weighted by molar-refractivity contribution is -0.117. The summed E-state index contributed by atoms with van der Waals surface area (Å²) in [7, 11) is 0. The van der Waals surface area contributed by atoms with Crippen LogP contribution in [0.3, 0.4) is 0 Å². The Morgan fingerprint density at radius 1 is 1.35 bits per heavy atom. The fraction of sp³-hybridized carbons (Fsp3) is 0.333. The van der Waals surface area contributed by atoms with E-state index < -0.39 is 5.97 Å². The Kier molecular flexibility index (Phi) is 4.53. The molecule has 0 radical (unpaired) electrons. The van der Waals surface area contributed by atoms with Crippen molar-refractivity contribution in [1.82, 2.24) is 10.6 Å². The highest BCUT2D eigenvalue weighted by Crippen LogP contribution is 2.09. The van der Waals surface area contributed by atoms with Crippen molar-refractivity contribution < 1.29 is 14.7 Å². The zero-order valence-corrected chi connectivity index (χ0v) is 11.4. The molecule has 1 aromatic rings. The molecule has 3 N–H and O–H groups in total. The fourth-order valence-corrected chi connectivity index (χ4v) is 1.99. The number of hydrogen-bond acceptors (Lipinski definition) is 3. The summed E-state index contributed by atoms with van der Waals surface area (Å²) in [6, 6.07) is 6.77. The Balaban J connectivity index is 1.85. The standard InChI is InChI=1S/C15H18N2O3/c1-10(13-8-16-9-13)14(18)17-6-5-11-3-2-4-12(7-11)15(19)20/h2-4,7,16H,5-6,8-9H2,1H3,(H,17,18)(H,19,20). The maximum absolute atomic E-state index is 11.9. The Bertz CT molecular complexity index is 558. The normalized spacial score (nSPS) is 13.6. The van der Waals surface area contributed by atoms with Gasteiger partial charge in [0, 0.05) is 25.2 Å². The van der Waals surface area contributed by atoms with Gasteiger partial charge in [-0.05, 0) is 36.6 Å². The molecule has 0 bridgehead atoms. The molecule has 0 aliphatic carbocycles. The predicted octanol–water partition coefficient (Wildman–Crippen LogP) is 0.963. The largest absolute Gasteiger partial charge is 0.478 e. The van der Waals surface area contributed by atoms with Gasteiger partial charge in [0.25, 0.3) is 0 Å². The number of carbonyl (C=O) groups is 2. The summed E-state index contributed by atoms with van der Waals surface area (Å²) < 4.78 is 0. The summed E-state index contributed by atoms with van der Waals surface area (Å²) in [5.74, 6) is -0.982. The first-order chi connectivity index (χ1) is 9.58. The topological polar surface area (TPSA) is 78.4 Å². The van der Waals surface area contributed by atoms with Gasteiger partial charge in [-0.2, -0.15) is 0 Å². The van der Waals surface area contributed by atoms with Crippen molar-refractivity contribution >= 4 is 11.9 Å². The summed E-state index contributed by atoms with van der Waals surface area (Å²) in [6.45, 7) is 3.91. The van der Waals surface area contributed by atoms with Crippen LogP contribution in [-0.2, 0) is 11.2 Å². The van der Waals surface area contributed by atoms with E-state index in [2.05, 4.69) is 10.6 Å². The van der Waals surface area contributed by atoms with E-state index in [9.17, 15) is 9.59 Å². The van der Waals surface area contributed by atoms with E-state index in [1.807, 2.05) is 13.0 Å². The number of hydrogen-bond donors (Lipinski definition) is 3. The molecular formula is C15H18N2O3. The first-order valence-corrected chi connectivity index (χ1v) is 6.57. The number of rotatable bonds is 5.